The Labute approximate surface area is 92.9 Å². The van der Waals surface area contributed by atoms with Crippen LogP contribution in [0, 0.1) is 6.92 Å². The second kappa shape index (κ2) is 4.80. The van der Waals surface area contributed by atoms with Gasteiger partial charge in [-0.25, -0.2) is 0 Å². The van der Waals surface area contributed by atoms with Crippen molar-refractivity contribution in [3.63, 3.8) is 0 Å². The van der Waals surface area contributed by atoms with Crippen molar-refractivity contribution in [2.24, 2.45) is 0 Å². The minimum atomic E-state index is 0.705. The normalized spacial score (nSPS) is 25.7. The number of hydrogen-bond acceptors (Lipinski definition) is 1. The van der Waals surface area contributed by atoms with Crippen molar-refractivity contribution in [2.75, 3.05) is 6.54 Å². The highest BCUT2D eigenvalue weighted by Crippen LogP contribution is 2.35. The molecule has 0 spiro atoms. The van der Waals surface area contributed by atoms with Crippen LogP contribution in [0.4, 0.5) is 0 Å². The van der Waals surface area contributed by atoms with Gasteiger partial charge in [0, 0.05) is 6.04 Å². The Morgan fingerprint density at radius 1 is 1.27 bits per heavy atom. The van der Waals surface area contributed by atoms with Crippen molar-refractivity contribution < 1.29 is 0 Å². The maximum absolute atomic E-state index is 3.62. The molecule has 15 heavy (non-hydrogen) atoms. The zero-order valence-electron chi connectivity index (χ0n) is 9.79. The van der Waals surface area contributed by atoms with Crippen molar-refractivity contribution in [1.82, 2.24) is 5.32 Å². The summed E-state index contributed by atoms with van der Waals surface area (Å²) in [5, 5.41) is 3.62. The van der Waals surface area contributed by atoms with E-state index in [1.807, 2.05) is 0 Å². The third-order valence-electron chi connectivity index (χ3n) is 3.57. The molecular weight excluding hydrogens is 182 g/mol. The molecule has 1 saturated carbocycles. The summed E-state index contributed by atoms with van der Waals surface area (Å²) in [6.07, 6.45) is 4.06. The lowest BCUT2D eigenvalue weighted by Gasteiger charge is -2.22. The topological polar surface area (TPSA) is 12.0 Å². The first-order valence-corrected chi connectivity index (χ1v) is 6.12. The molecule has 0 heterocycles. The van der Waals surface area contributed by atoms with E-state index in [2.05, 4.69) is 43.4 Å². The molecule has 1 heteroatoms. The molecule has 2 rings (SSSR count). The van der Waals surface area contributed by atoms with Crippen LogP contribution in [0.5, 0.6) is 0 Å². The van der Waals surface area contributed by atoms with Crippen molar-refractivity contribution >= 4 is 0 Å². The molecule has 1 aromatic rings. The highest BCUT2D eigenvalue weighted by Gasteiger charge is 2.28. The van der Waals surface area contributed by atoms with E-state index < -0.39 is 0 Å². The van der Waals surface area contributed by atoms with Gasteiger partial charge in [0.05, 0.1) is 0 Å². The second-order valence-corrected chi connectivity index (χ2v) is 4.56. The van der Waals surface area contributed by atoms with E-state index in [0.717, 1.165) is 12.5 Å². The first-order valence-electron chi connectivity index (χ1n) is 6.12. The van der Waals surface area contributed by atoms with E-state index in [4.69, 9.17) is 0 Å². The van der Waals surface area contributed by atoms with Gasteiger partial charge in [0.2, 0.25) is 0 Å². The predicted molar refractivity (Wildman–Crippen MR) is 65.2 cm³/mol. The van der Waals surface area contributed by atoms with Crippen LogP contribution in [0.3, 0.4) is 0 Å². The molecule has 1 aromatic carbocycles. The zero-order chi connectivity index (χ0) is 10.7. The maximum Gasteiger partial charge on any atom is 0.0136 e. The first kappa shape index (κ1) is 10.7. The van der Waals surface area contributed by atoms with E-state index in [0.29, 0.717) is 6.04 Å². The third-order valence-corrected chi connectivity index (χ3v) is 3.57. The lowest BCUT2D eigenvalue weighted by atomic mass is 9.90. The summed E-state index contributed by atoms with van der Waals surface area (Å²) >= 11 is 0. The van der Waals surface area contributed by atoms with Crippen LogP contribution in [0.1, 0.15) is 43.2 Å². The minimum absolute atomic E-state index is 0.705. The molecule has 2 atom stereocenters. The summed E-state index contributed by atoms with van der Waals surface area (Å²) in [6, 6.07) is 9.54. The molecule has 0 aliphatic heterocycles. The average molecular weight is 203 g/mol. The zero-order valence-corrected chi connectivity index (χ0v) is 9.79. The van der Waals surface area contributed by atoms with Crippen LogP contribution >= 0.6 is 0 Å². The maximum atomic E-state index is 3.62. The molecule has 1 nitrogen and oxygen atoms in total. The van der Waals surface area contributed by atoms with Gasteiger partial charge in [-0.2, -0.15) is 0 Å². The minimum Gasteiger partial charge on any atom is -0.314 e. The van der Waals surface area contributed by atoms with Gasteiger partial charge in [0.25, 0.3) is 0 Å². The first-order chi connectivity index (χ1) is 7.33. The summed E-state index contributed by atoms with van der Waals surface area (Å²) in [6.45, 7) is 5.52. The molecule has 0 radical (unpaired) electrons. The van der Waals surface area contributed by atoms with Crippen LogP contribution < -0.4 is 5.32 Å². The number of rotatable bonds is 3. The lowest BCUT2D eigenvalue weighted by Crippen LogP contribution is -2.31. The highest BCUT2D eigenvalue weighted by atomic mass is 14.9. The molecule has 2 unspecified atom stereocenters. The highest BCUT2D eigenvalue weighted by molar-refractivity contribution is 5.31. The van der Waals surface area contributed by atoms with Crippen LogP contribution in [0.15, 0.2) is 24.3 Å². The van der Waals surface area contributed by atoms with Gasteiger partial charge >= 0.3 is 0 Å². The van der Waals surface area contributed by atoms with Crippen molar-refractivity contribution in [2.45, 2.75) is 45.1 Å². The molecule has 0 aromatic heterocycles. The molecule has 0 amide bonds. The van der Waals surface area contributed by atoms with Gasteiger partial charge in [-0.15, -0.1) is 0 Å². The number of nitrogens with one attached hydrogen (secondary N) is 1. The molecule has 82 valence electrons. The fourth-order valence-corrected chi connectivity index (χ4v) is 2.84. The summed E-state index contributed by atoms with van der Waals surface area (Å²) < 4.78 is 0. The van der Waals surface area contributed by atoms with E-state index >= 15 is 0 Å². The van der Waals surface area contributed by atoms with Crippen molar-refractivity contribution in [1.29, 1.82) is 0 Å². The Hall–Kier alpha value is -0.820. The van der Waals surface area contributed by atoms with E-state index in [1.165, 1.54) is 24.8 Å². The van der Waals surface area contributed by atoms with E-state index in [9.17, 15) is 0 Å². The van der Waals surface area contributed by atoms with Gasteiger partial charge in [0.1, 0.15) is 0 Å². The van der Waals surface area contributed by atoms with Crippen molar-refractivity contribution in [3.8, 4) is 0 Å². The van der Waals surface area contributed by atoms with Gasteiger partial charge < -0.3 is 5.32 Å². The summed E-state index contributed by atoms with van der Waals surface area (Å²) in [4.78, 5) is 0. The SMILES string of the molecule is CCNC1CCCC1c1ccccc1C. The van der Waals surface area contributed by atoms with Crippen LogP contribution in [0.2, 0.25) is 0 Å². The van der Waals surface area contributed by atoms with Gasteiger partial charge in [-0.1, -0.05) is 37.6 Å². The van der Waals surface area contributed by atoms with E-state index in [-0.39, 0.29) is 0 Å². The molecule has 0 saturated heterocycles. The standard InChI is InChI=1S/C14H21N/c1-3-15-14-10-6-9-13(14)12-8-5-4-7-11(12)2/h4-5,7-8,13-15H,3,6,9-10H2,1-2H3. The van der Waals surface area contributed by atoms with Crippen LogP contribution in [0.25, 0.3) is 0 Å². The van der Waals surface area contributed by atoms with Crippen LogP contribution in [-0.4, -0.2) is 12.6 Å². The van der Waals surface area contributed by atoms with Gasteiger partial charge in [-0.3, -0.25) is 0 Å². The molecule has 1 aliphatic carbocycles. The molecule has 1 aliphatic rings. The molecule has 1 fully saturated rings. The number of aryl methyl sites for hydroxylation is 1. The smallest absolute Gasteiger partial charge is 0.0136 e. The summed E-state index contributed by atoms with van der Waals surface area (Å²) in [5.41, 5.74) is 3.01. The fraction of sp³-hybridized carbons (Fsp3) is 0.571. The fourth-order valence-electron chi connectivity index (χ4n) is 2.84. The lowest BCUT2D eigenvalue weighted by molar-refractivity contribution is 0.491. The third kappa shape index (κ3) is 2.23. The summed E-state index contributed by atoms with van der Waals surface area (Å²) in [7, 11) is 0. The average Bonchev–Trinajstić information content (AvgIpc) is 2.67. The van der Waals surface area contributed by atoms with Crippen molar-refractivity contribution in [3.05, 3.63) is 35.4 Å². The Bertz CT molecular complexity index is 319. The van der Waals surface area contributed by atoms with Crippen LogP contribution in [-0.2, 0) is 0 Å². The Balaban J connectivity index is 2.19. The predicted octanol–water partition coefficient (Wildman–Crippen LogP) is 3.24. The molecule has 0 bridgehead atoms. The monoisotopic (exact) mass is 203 g/mol. The quantitative estimate of drug-likeness (QED) is 0.795. The second-order valence-electron chi connectivity index (χ2n) is 4.56. The Kier molecular flexibility index (Phi) is 3.42. The Morgan fingerprint density at radius 2 is 2.07 bits per heavy atom. The number of hydrogen-bond donors (Lipinski definition) is 1. The Morgan fingerprint density at radius 3 is 2.80 bits per heavy atom. The van der Waals surface area contributed by atoms with Gasteiger partial charge in [0.15, 0.2) is 0 Å². The van der Waals surface area contributed by atoms with E-state index in [1.54, 1.807) is 5.56 Å². The molecular formula is C14H21N. The summed E-state index contributed by atoms with van der Waals surface area (Å²) in [5.74, 6) is 0.742. The largest absolute Gasteiger partial charge is 0.314 e. The molecule has 1 N–H and O–H groups in total. The number of benzene rings is 1. The number of likely N-dealkylation sites (N-methyl/N-ethyl adjacent to an activating group) is 1. The van der Waals surface area contributed by atoms with Gasteiger partial charge in [-0.05, 0) is 43.4 Å².